The highest BCUT2D eigenvalue weighted by Gasteiger charge is 2.26. The molecule has 0 saturated heterocycles. The highest BCUT2D eigenvalue weighted by Crippen LogP contribution is 2.29. The summed E-state index contributed by atoms with van der Waals surface area (Å²) in [5, 5.41) is -0.246. The maximum Gasteiger partial charge on any atom is 0.229 e. The summed E-state index contributed by atoms with van der Waals surface area (Å²) in [4.78, 5) is 13.9. The molecule has 0 aliphatic heterocycles. The quantitative estimate of drug-likeness (QED) is 0.668. The fraction of sp³-hybridized carbons (Fsp3) is 0.923. The van der Waals surface area contributed by atoms with E-state index in [-0.39, 0.29) is 22.6 Å². The van der Waals surface area contributed by atoms with E-state index in [1.165, 1.54) is 0 Å². The van der Waals surface area contributed by atoms with Gasteiger partial charge in [-0.2, -0.15) is 0 Å². The zero-order chi connectivity index (χ0) is 13.9. The van der Waals surface area contributed by atoms with E-state index in [1.54, 1.807) is 14.1 Å². The molecule has 0 heterocycles. The van der Waals surface area contributed by atoms with Crippen molar-refractivity contribution in [1.82, 2.24) is 4.90 Å². The number of hydrogen-bond donors (Lipinski definition) is 0. The lowest BCUT2D eigenvalue weighted by molar-refractivity contribution is 0.160. The molecule has 1 unspecified atom stereocenters. The van der Waals surface area contributed by atoms with Gasteiger partial charge in [0.05, 0.1) is 7.85 Å². The average molecular weight is 234 g/mol. The van der Waals surface area contributed by atoms with Crippen LogP contribution in [0.25, 0.3) is 0 Å². The summed E-state index contributed by atoms with van der Waals surface area (Å²) < 4.78 is 0. The van der Waals surface area contributed by atoms with Crippen LogP contribution in [0.5, 0.6) is 0 Å². The van der Waals surface area contributed by atoms with Crippen molar-refractivity contribution in [3.8, 4) is 0 Å². The Hall–Kier alpha value is -0.400. The minimum Gasteiger partial charge on any atom is -0.349 e. The van der Waals surface area contributed by atoms with Gasteiger partial charge in [0.1, 0.15) is 0 Å². The maximum atomic E-state index is 11.9. The Labute approximate surface area is 109 Å². The molecule has 0 N–H and O–H groups in total. The van der Waals surface area contributed by atoms with Crippen LogP contribution in [0.3, 0.4) is 0 Å². The van der Waals surface area contributed by atoms with Crippen molar-refractivity contribution >= 4 is 20.9 Å². The molecular weight excluding hydrogens is 208 g/mol. The first kappa shape index (κ1) is 16.6. The topological polar surface area (TPSA) is 20.3 Å². The number of nitrogens with zero attached hydrogens (tertiary/aromatic N) is 1. The second kappa shape index (κ2) is 5.97. The minimum absolute atomic E-state index is 0.0941. The molecule has 0 aliphatic rings. The molecule has 0 saturated carbocycles. The molecule has 17 heavy (non-hydrogen) atoms. The van der Waals surface area contributed by atoms with Crippen molar-refractivity contribution in [3.05, 3.63) is 0 Å². The lowest BCUT2D eigenvalue weighted by atomic mass is 9.68. The third kappa shape index (κ3) is 7.51. The van der Waals surface area contributed by atoms with Gasteiger partial charge in [-0.05, 0) is 18.8 Å². The standard InChI is InChI=1S/C13H26B2NO/c1-10(8-13(5,6)14)16(11(17)15-7)9-12(2,3)4/h10H,8-9H2,1-7H3. The van der Waals surface area contributed by atoms with Crippen molar-refractivity contribution in [1.29, 1.82) is 0 Å². The Morgan fingerprint density at radius 3 is 2.06 bits per heavy atom. The second-order valence-corrected chi connectivity index (χ2v) is 6.86. The molecule has 1 atom stereocenters. The first-order valence-electron chi connectivity index (χ1n) is 6.35. The van der Waals surface area contributed by atoms with Crippen molar-refractivity contribution in [2.45, 2.75) is 66.1 Å². The van der Waals surface area contributed by atoms with Crippen LogP contribution in [0.2, 0.25) is 12.1 Å². The maximum absolute atomic E-state index is 11.9. The van der Waals surface area contributed by atoms with Gasteiger partial charge in [-0.25, -0.2) is 0 Å². The van der Waals surface area contributed by atoms with Gasteiger partial charge in [0.2, 0.25) is 7.28 Å². The number of rotatable bonds is 5. The molecule has 95 valence electrons. The van der Waals surface area contributed by atoms with Crippen LogP contribution >= 0.6 is 0 Å². The van der Waals surface area contributed by atoms with Crippen LogP contribution in [0.1, 0.15) is 48.0 Å². The Morgan fingerprint density at radius 2 is 1.76 bits per heavy atom. The van der Waals surface area contributed by atoms with Crippen molar-refractivity contribution < 1.29 is 4.79 Å². The predicted octanol–water partition coefficient (Wildman–Crippen LogP) is 3.35. The highest BCUT2D eigenvalue weighted by atomic mass is 16.2. The van der Waals surface area contributed by atoms with E-state index in [0.717, 1.165) is 13.0 Å². The van der Waals surface area contributed by atoms with E-state index in [9.17, 15) is 4.79 Å². The number of amides is 1. The van der Waals surface area contributed by atoms with Gasteiger partial charge in [-0.15, -0.1) is 0 Å². The fourth-order valence-electron chi connectivity index (χ4n) is 2.00. The van der Waals surface area contributed by atoms with Crippen LogP contribution < -0.4 is 0 Å². The van der Waals surface area contributed by atoms with Gasteiger partial charge in [0.15, 0.2) is 5.81 Å². The Morgan fingerprint density at radius 1 is 1.29 bits per heavy atom. The lowest BCUT2D eigenvalue weighted by Crippen LogP contribution is -2.45. The molecule has 1 amide bonds. The molecule has 0 aliphatic carbocycles. The van der Waals surface area contributed by atoms with Gasteiger partial charge in [-0.3, -0.25) is 4.79 Å². The minimum atomic E-state index is -0.246. The van der Waals surface area contributed by atoms with Crippen LogP contribution in [0.4, 0.5) is 4.79 Å². The predicted molar refractivity (Wildman–Crippen MR) is 77.0 cm³/mol. The summed E-state index contributed by atoms with van der Waals surface area (Å²) >= 11 is 0. The van der Waals surface area contributed by atoms with E-state index in [1.807, 2.05) is 18.7 Å². The summed E-state index contributed by atoms with van der Waals surface area (Å²) in [5.74, 6) is 0.0941. The lowest BCUT2D eigenvalue weighted by Gasteiger charge is -2.38. The normalized spacial score (nSPS) is 14.3. The van der Waals surface area contributed by atoms with Crippen LogP contribution in [0, 0.1) is 5.41 Å². The first-order chi connectivity index (χ1) is 7.46. The molecule has 2 nitrogen and oxygen atoms in total. The van der Waals surface area contributed by atoms with Crippen molar-refractivity contribution in [2.75, 3.05) is 6.54 Å². The molecular formula is C13H26B2NO. The van der Waals surface area contributed by atoms with Crippen molar-refractivity contribution in [3.63, 3.8) is 0 Å². The van der Waals surface area contributed by atoms with Gasteiger partial charge in [0.25, 0.3) is 0 Å². The molecule has 0 aromatic heterocycles. The third-order valence-corrected chi connectivity index (χ3v) is 2.53. The number of hydrogen-bond acceptors (Lipinski definition) is 1. The number of carbonyl (C=O) groups excluding carboxylic acids is 1. The van der Waals surface area contributed by atoms with Crippen LogP contribution in [0.15, 0.2) is 0 Å². The van der Waals surface area contributed by atoms with E-state index in [2.05, 4.69) is 27.7 Å². The zero-order valence-corrected chi connectivity index (χ0v) is 12.5. The summed E-state index contributed by atoms with van der Waals surface area (Å²) in [6.45, 7) is 15.0. The van der Waals surface area contributed by atoms with E-state index in [4.69, 9.17) is 7.85 Å². The van der Waals surface area contributed by atoms with E-state index < -0.39 is 0 Å². The highest BCUT2D eigenvalue weighted by molar-refractivity contribution is 6.72. The fourth-order valence-corrected chi connectivity index (χ4v) is 2.00. The molecule has 0 rings (SSSR count). The third-order valence-electron chi connectivity index (χ3n) is 2.53. The number of carbonyl (C=O) groups is 1. The molecule has 0 spiro atoms. The molecule has 4 heteroatoms. The molecule has 0 aromatic rings. The average Bonchev–Trinajstić information content (AvgIpc) is 2.08. The summed E-state index contributed by atoms with van der Waals surface area (Å²) in [6, 6.07) is 0.165. The summed E-state index contributed by atoms with van der Waals surface area (Å²) in [7, 11) is 7.66. The second-order valence-electron chi connectivity index (χ2n) is 6.86. The van der Waals surface area contributed by atoms with Crippen molar-refractivity contribution in [2.24, 2.45) is 5.41 Å². The molecule has 3 radical (unpaired) electrons. The Kier molecular flexibility index (Phi) is 5.83. The van der Waals surface area contributed by atoms with E-state index >= 15 is 0 Å². The molecule has 0 bridgehead atoms. The van der Waals surface area contributed by atoms with Crippen LogP contribution in [-0.2, 0) is 0 Å². The van der Waals surface area contributed by atoms with Gasteiger partial charge < -0.3 is 4.90 Å². The Balaban J connectivity index is 4.75. The first-order valence-corrected chi connectivity index (χ1v) is 6.35. The smallest absolute Gasteiger partial charge is 0.229 e. The Bertz CT molecular complexity index is 253. The van der Waals surface area contributed by atoms with E-state index in [0.29, 0.717) is 0 Å². The molecule has 0 aromatic carbocycles. The van der Waals surface area contributed by atoms with Crippen LogP contribution in [-0.4, -0.2) is 38.4 Å². The zero-order valence-electron chi connectivity index (χ0n) is 12.5. The van der Waals surface area contributed by atoms with Gasteiger partial charge >= 0.3 is 0 Å². The summed E-state index contributed by atoms with van der Waals surface area (Å²) in [6.07, 6.45) is 0.808. The SMILES string of the molecule is [B]C(C)(C)CC(C)N(CC(C)(C)C)C(=O)[B]C. The molecule has 0 fully saturated rings. The largest absolute Gasteiger partial charge is 0.349 e. The summed E-state index contributed by atoms with van der Waals surface area (Å²) in [5.41, 5.74) is 0.103. The van der Waals surface area contributed by atoms with Gasteiger partial charge in [-0.1, -0.05) is 46.8 Å². The monoisotopic (exact) mass is 234 g/mol. The van der Waals surface area contributed by atoms with Gasteiger partial charge in [0, 0.05) is 12.6 Å².